The van der Waals surface area contributed by atoms with Gasteiger partial charge in [-0.05, 0) is 103 Å². The Hall–Kier alpha value is -3.07. The highest BCUT2D eigenvalue weighted by molar-refractivity contribution is 7.92. The van der Waals surface area contributed by atoms with Gasteiger partial charge in [0.1, 0.15) is 12.6 Å². The summed E-state index contributed by atoms with van der Waals surface area (Å²) >= 11 is 12.7. The predicted octanol–water partition coefficient (Wildman–Crippen LogP) is 6.61. The van der Waals surface area contributed by atoms with E-state index in [2.05, 4.69) is 17.4 Å². The third-order valence-electron chi connectivity index (χ3n) is 10.4. The third-order valence-corrected chi connectivity index (χ3v) is 12.1. The predicted molar refractivity (Wildman–Crippen MR) is 183 cm³/mol. The molecule has 46 heavy (non-hydrogen) atoms. The normalized spacial score (nSPS) is 24.0. The molecule has 0 spiro atoms. The number of rotatable bonds is 11. The standard InChI is InChI=1S/C36H41Cl2N3O4S/c1-39-35(43)33(17-24-6-4-3-5-7-24)40(22-28-8-11-30(37)18-32(28)38)34(42)23-41(46(2,44)45)31-12-9-29(10-13-31)36-19-25-14-26(20-36)16-27(15-25)21-36/h3-13,18,25-27,33H,14-17,19-23H2,1-2H3,(H,39,43)/t25?,26?,27?,33-,36?/m0/s1. The van der Waals surface area contributed by atoms with Gasteiger partial charge in [-0.15, -0.1) is 0 Å². The van der Waals surface area contributed by atoms with Gasteiger partial charge in [0.15, 0.2) is 0 Å². The van der Waals surface area contributed by atoms with Crippen LogP contribution < -0.4 is 9.62 Å². The fourth-order valence-electron chi connectivity index (χ4n) is 8.61. The van der Waals surface area contributed by atoms with Crippen LogP contribution in [0.25, 0.3) is 0 Å². The smallest absolute Gasteiger partial charge is 0.244 e. The molecule has 1 atom stereocenters. The van der Waals surface area contributed by atoms with Gasteiger partial charge in [0.05, 0.1) is 11.9 Å². The molecule has 0 aliphatic heterocycles. The van der Waals surface area contributed by atoms with E-state index in [-0.39, 0.29) is 24.3 Å². The van der Waals surface area contributed by atoms with E-state index in [4.69, 9.17) is 23.2 Å². The maximum absolute atomic E-state index is 14.3. The number of carbonyl (C=O) groups is 2. The molecule has 10 heteroatoms. The van der Waals surface area contributed by atoms with Gasteiger partial charge in [0.25, 0.3) is 0 Å². The zero-order valence-corrected chi connectivity index (χ0v) is 28.6. The number of hydrogen-bond donors (Lipinski definition) is 1. The van der Waals surface area contributed by atoms with Crippen LogP contribution in [0.2, 0.25) is 10.0 Å². The summed E-state index contributed by atoms with van der Waals surface area (Å²) in [6.07, 6.45) is 9.00. The van der Waals surface area contributed by atoms with Gasteiger partial charge >= 0.3 is 0 Å². The van der Waals surface area contributed by atoms with Gasteiger partial charge in [-0.3, -0.25) is 13.9 Å². The summed E-state index contributed by atoms with van der Waals surface area (Å²) in [5, 5.41) is 3.48. The Morgan fingerprint density at radius 2 is 1.52 bits per heavy atom. The second kappa shape index (κ2) is 13.2. The number of hydrogen-bond acceptors (Lipinski definition) is 4. The SMILES string of the molecule is CNC(=O)[C@H](Cc1ccccc1)N(Cc1ccc(Cl)cc1Cl)C(=O)CN(c1ccc(C23CC4CC(CC(C4)C2)C3)cc1)S(C)(=O)=O. The topological polar surface area (TPSA) is 86.8 Å². The van der Waals surface area contributed by atoms with Crippen LogP contribution in [-0.2, 0) is 38.0 Å². The molecule has 7 nitrogen and oxygen atoms in total. The summed E-state index contributed by atoms with van der Waals surface area (Å²) < 4.78 is 27.6. The molecule has 1 N–H and O–H groups in total. The van der Waals surface area contributed by atoms with Crippen molar-refractivity contribution in [3.05, 3.63) is 99.5 Å². The molecule has 2 amide bonds. The first-order valence-corrected chi connectivity index (χ1v) is 18.6. The number of sulfonamides is 1. The molecule has 3 aromatic carbocycles. The van der Waals surface area contributed by atoms with Crippen LogP contribution in [0.4, 0.5) is 5.69 Å². The van der Waals surface area contributed by atoms with Gasteiger partial charge in [-0.25, -0.2) is 8.42 Å². The highest BCUT2D eigenvalue weighted by Crippen LogP contribution is 2.60. The first kappa shape index (κ1) is 32.9. The van der Waals surface area contributed by atoms with Crippen LogP contribution in [0.5, 0.6) is 0 Å². The highest BCUT2D eigenvalue weighted by atomic mass is 35.5. The summed E-state index contributed by atoms with van der Waals surface area (Å²) in [4.78, 5) is 29.0. The largest absolute Gasteiger partial charge is 0.357 e. The van der Waals surface area contributed by atoms with Crippen LogP contribution in [0.1, 0.15) is 55.2 Å². The van der Waals surface area contributed by atoms with E-state index in [1.807, 2.05) is 42.5 Å². The van der Waals surface area contributed by atoms with E-state index in [1.54, 1.807) is 18.2 Å². The third kappa shape index (κ3) is 6.95. The number of nitrogens with zero attached hydrogens (tertiary/aromatic N) is 2. The number of carbonyl (C=O) groups excluding carboxylic acids is 2. The first-order valence-electron chi connectivity index (χ1n) is 16.0. The van der Waals surface area contributed by atoms with Crippen LogP contribution >= 0.6 is 23.2 Å². The van der Waals surface area contributed by atoms with Crippen molar-refractivity contribution in [1.29, 1.82) is 0 Å². The lowest BCUT2D eigenvalue weighted by Gasteiger charge is -2.57. The first-order chi connectivity index (χ1) is 21.9. The minimum atomic E-state index is -3.86. The molecule has 4 bridgehead atoms. The highest BCUT2D eigenvalue weighted by Gasteiger charge is 2.51. The Bertz CT molecular complexity index is 1660. The van der Waals surface area contributed by atoms with E-state index in [9.17, 15) is 18.0 Å². The Morgan fingerprint density at radius 3 is 2.07 bits per heavy atom. The maximum atomic E-state index is 14.3. The van der Waals surface area contributed by atoms with E-state index in [0.29, 0.717) is 21.3 Å². The number of halogens is 2. The lowest BCUT2D eigenvalue weighted by Crippen LogP contribution is -2.53. The van der Waals surface area contributed by atoms with Crippen LogP contribution in [0.15, 0.2) is 72.8 Å². The molecule has 0 radical (unpaired) electrons. The molecular formula is C36H41Cl2N3O4S. The number of amides is 2. The second-order valence-electron chi connectivity index (χ2n) is 13.6. The van der Waals surface area contributed by atoms with Gasteiger partial charge in [0.2, 0.25) is 21.8 Å². The molecule has 0 aromatic heterocycles. The average Bonchev–Trinajstić information content (AvgIpc) is 3.01. The molecule has 4 saturated carbocycles. The van der Waals surface area contributed by atoms with Crippen molar-refractivity contribution in [1.82, 2.24) is 10.2 Å². The van der Waals surface area contributed by atoms with E-state index >= 15 is 0 Å². The summed E-state index contributed by atoms with van der Waals surface area (Å²) in [5.74, 6) is 1.49. The van der Waals surface area contributed by atoms with E-state index < -0.39 is 28.5 Å². The van der Waals surface area contributed by atoms with Crippen molar-refractivity contribution < 1.29 is 18.0 Å². The molecule has 7 rings (SSSR count). The average molecular weight is 683 g/mol. The number of anilines is 1. The molecule has 0 heterocycles. The van der Waals surface area contributed by atoms with Crippen molar-refractivity contribution in [2.75, 3.05) is 24.2 Å². The van der Waals surface area contributed by atoms with Crippen molar-refractivity contribution in [2.24, 2.45) is 17.8 Å². The second-order valence-corrected chi connectivity index (χ2v) is 16.3. The number of nitrogens with one attached hydrogen (secondary N) is 1. The van der Waals surface area contributed by atoms with Crippen LogP contribution in [-0.4, -0.2) is 51.0 Å². The molecule has 4 aliphatic rings. The molecular weight excluding hydrogens is 641 g/mol. The Kier molecular flexibility index (Phi) is 9.43. The quantitative estimate of drug-likeness (QED) is 0.247. The molecule has 0 unspecified atom stereocenters. The van der Waals surface area contributed by atoms with Crippen LogP contribution in [0, 0.1) is 17.8 Å². The summed E-state index contributed by atoms with van der Waals surface area (Å²) in [5.41, 5.74) is 3.32. The van der Waals surface area contributed by atoms with Gasteiger partial charge in [-0.1, -0.05) is 71.7 Å². The Labute approximate surface area is 282 Å². The zero-order valence-electron chi connectivity index (χ0n) is 26.3. The fourth-order valence-corrected chi connectivity index (χ4v) is 9.93. The number of benzene rings is 3. The molecule has 3 aromatic rings. The van der Waals surface area contributed by atoms with Crippen molar-refractivity contribution in [3.8, 4) is 0 Å². The summed E-state index contributed by atoms with van der Waals surface area (Å²) in [6.45, 7) is -0.481. The zero-order chi connectivity index (χ0) is 32.6. The van der Waals surface area contributed by atoms with Crippen LogP contribution in [0.3, 0.4) is 0 Å². The van der Waals surface area contributed by atoms with Crippen molar-refractivity contribution >= 4 is 50.7 Å². The number of likely N-dealkylation sites (N-methyl/N-ethyl adjacent to an activating group) is 1. The molecule has 0 saturated heterocycles. The van der Waals surface area contributed by atoms with Crippen molar-refractivity contribution in [2.45, 2.75) is 62.9 Å². The van der Waals surface area contributed by atoms with E-state index in [1.165, 1.54) is 56.0 Å². The lowest BCUT2D eigenvalue weighted by molar-refractivity contribution is -0.139. The molecule has 4 fully saturated rings. The lowest BCUT2D eigenvalue weighted by atomic mass is 9.48. The minimum absolute atomic E-state index is 0.0116. The van der Waals surface area contributed by atoms with Crippen molar-refractivity contribution in [3.63, 3.8) is 0 Å². The monoisotopic (exact) mass is 681 g/mol. The van der Waals surface area contributed by atoms with E-state index in [0.717, 1.165) is 33.9 Å². The van der Waals surface area contributed by atoms with Gasteiger partial charge in [0, 0.05) is 30.1 Å². The van der Waals surface area contributed by atoms with Gasteiger partial charge < -0.3 is 10.2 Å². The molecule has 4 aliphatic carbocycles. The summed E-state index contributed by atoms with van der Waals surface area (Å²) in [7, 11) is -2.34. The minimum Gasteiger partial charge on any atom is -0.357 e. The summed E-state index contributed by atoms with van der Waals surface area (Å²) in [6, 6.07) is 21.3. The maximum Gasteiger partial charge on any atom is 0.244 e. The fraction of sp³-hybridized carbons (Fsp3) is 0.444. The Morgan fingerprint density at radius 1 is 0.913 bits per heavy atom. The Balaban J connectivity index is 1.30. The molecule has 244 valence electrons. The van der Waals surface area contributed by atoms with Gasteiger partial charge in [-0.2, -0.15) is 0 Å².